The van der Waals surface area contributed by atoms with Gasteiger partial charge in [-0.05, 0) is 37.0 Å². The number of nitrogens with zero attached hydrogens (tertiary/aromatic N) is 2. The second-order valence-corrected chi connectivity index (χ2v) is 8.51. The minimum atomic E-state index is -4.32. The predicted molar refractivity (Wildman–Crippen MR) is 105 cm³/mol. The molecular formula is C21H25F3N4O3. The number of amides is 3. The average molecular weight is 438 g/mol. The van der Waals surface area contributed by atoms with E-state index < -0.39 is 24.2 Å². The van der Waals surface area contributed by atoms with Crippen LogP contribution in [0, 0.1) is 0 Å². The van der Waals surface area contributed by atoms with Gasteiger partial charge in [-0.2, -0.15) is 13.2 Å². The number of benzene rings is 1. The molecule has 3 heterocycles. The summed E-state index contributed by atoms with van der Waals surface area (Å²) in [7, 11) is 0. The van der Waals surface area contributed by atoms with Gasteiger partial charge in [0.2, 0.25) is 11.8 Å². The zero-order chi connectivity index (χ0) is 22.3. The summed E-state index contributed by atoms with van der Waals surface area (Å²) in [5.74, 6) is -1.14. The smallest absolute Gasteiger partial charge is 0.322 e. The van der Waals surface area contributed by atoms with Gasteiger partial charge in [0.05, 0.1) is 0 Å². The Hall–Kier alpha value is -2.46. The van der Waals surface area contributed by atoms with Crippen molar-refractivity contribution in [3.8, 4) is 0 Å². The maximum Gasteiger partial charge on any atom is 0.404 e. The molecule has 1 aromatic carbocycles. The van der Waals surface area contributed by atoms with E-state index in [-0.39, 0.29) is 56.8 Å². The third-order valence-electron chi connectivity index (χ3n) is 6.26. The fraction of sp³-hybridized carbons (Fsp3) is 0.571. The topological polar surface area (TPSA) is 81.8 Å². The number of halogens is 3. The van der Waals surface area contributed by atoms with Gasteiger partial charge in [0.15, 0.2) is 0 Å². The number of alkyl halides is 3. The van der Waals surface area contributed by atoms with Gasteiger partial charge in [0.25, 0.3) is 5.91 Å². The van der Waals surface area contributed by atoms with E-state index in [2.05, 4.69) is 10.6 Å². The Morgan fingerprint density at radius 3 is 2.68 bits per heavy atom. The molecule has 3 aliphatic rings. The Labute approximate surface area is 177 Å². The first kappa shape index (κ1) is 21.8. The molecule has 0 aromatic heterocycles. The van der Waals surface area contributed by atoms with Crippen molar-refractivity contribution in [3.05, 3.63) is 34.9 Å². The molecule has 3 unspecified atom stereocenters. The molecule has 4 rings (SSSR count). The SMILES string of the molecule is CC1CC(C(F)(F)F)N(Cc2ccc3c(c2)CN(C2CCC(=O)NC2=O)C3=O)CCN1. The van der Waals surface area contributed by atoms with Gasteiger partial charge in [0, 0.05) is 44.2 Å². The van der Waals surface area contributed by atoms with Gasteiger partial charge in [-0.25, -0.2) is 0 Å². The van der Waals surface area contributed by atoms with Crippen LogP contribution in [0.25, 0.3) is 0 Å². The van der Waals surface area contributed by atoms with E-state index in [0.717, 1.165) is 0 Å². The number of rotatable bonds is 3. The lowest BCUT2D eigenvalue weighted by atomic mass is 10.0. The van der Waals surface area contributed by atoms with E-state index in [9.17, 15) is 27.6 Å². The van der Waals surface area contributed by atoms with Crippen LogP contribution < -0.4 is 10.6 Å². The molecule has 10 heteroatoms. The first-order valence-electron chi connectivity index (χ1n) is 10.4. The minimum Gasteiger partial charge on any atom is -0.322 e. The Kier molecular flexibility index (Phi) is 5.78. The van der Waals surface area contributed by atoms with E-state index >= 15 is 0 Å². The summed E-state index contributed by atoms with van der Waals surface area (Å²) in [6, 6.07) is 2.59. The first-order chi connectivity index (χ1) is 14.6. The molecule has 3 aliphatic heterocycles. The third-order valence-corrected chi connectivity index (χ3v) is 6.26. The molecule has 3 amide bonds. The highest BCUT2D eigenvalue weighted by Gasteiger charge is 2.45. The van der Waals surface area contributed by atoms with E-state index in [1.165, 1.54) is 9.80 Å². The first-order valence-corrected chi connectivity index (χ1v) is 10.4. The number of imide groups is 1. The maximum atomic E-state index is 13.7. The lowest BCUT2D eigenvalue weighted by Crippen LogP contribution is -2.52. The van der Waals surface area contributed by atoms with Gasteiger partial charge in [-0.1, -0.05) is 12.1 Å². The second kappa shape index (κ2) is 8.23. The summed E-state index contributed by atoms with van der Waals surface area (Å²) in [5.41, 5.74) is 1.84. The summed E-state index contributed by atoms with van der Waals surface area (Å²) < 4.78 is 41.0. The Balaban J connectivity index is 1.51. The van der Waals surface area contributed by atoms with E-state index in [1.807, 2.05) is 0 Å². The third kappa shape index (κ3) is 4.45. The molecule has 7 nitrogen and oxygen atoms in total. The van der Waals surface area contributed by atoms with E-state index in [0.29, 0.717) is 23.2 Å². The van der Waals surface area contributed by atoms with Crippen molar-refractivity contribution in [2.75, 3.05) is 13.1 Å². The van der Waals surface area contributed by atoms with Crippen LogP contribution in [-0.4, -0.2) is 64.9 Å². The molecule has 0 bridgehead atoms. The predicted octanol–water partition coefficient (Wildman–Crippen LogP) is 1.56. The Morgan fingerprint density at radius 2 is 1.97 bits per heavy atom. The van der Waals surface area contributed by atoms with Gasteiger partial charge in [-0.3, -0.25) is 24.6 Å². The van der Waals surface area contributed by atoms with Crippen LogP contribution in [0.4, 0.5) is 13.2 Å². The van der Waals surface area contributed by atoms with Crippen molar-refractivity contribution in [1.82, 2.24) is 20.4 Å². The second-order valence-electron chi connectivity index (χ2n) is 8.51. The molecule has 0 aliphatic carbocycles. The quantitative estimate of drug-likeness (QED) is 0.701. The zero-order valence-corrected chi connectivity index (χ0v) is 17.2. The maximum absolute atomic E-state index is 13.7. The van der Waals surface area contributed by atoms with E-state index in [4.69, 9.17) is 0 Å². The summed E-state index contributed by atoms with van der Waals surface area (Å²) in [6.07, 6.45) is -3.91. The number of carbonyl (C=O) groups excluding carboxylic acids is 3. The molecule has 31 heavy (non-hydrogen) atoms. The highest BCUT2D eigenvalue weighted by atomic mass is 19.4. The average Bonchev–Trinajstić information content (AvgIpc) is 2.87. The van der Waals surface area contributed by atoms with Gasteiger partial charge in [-0.15, -0.1) is 0 Å². The fourth-order valence-corrected chi connectivity index (χ4v) is 4.67. The van der Waals surface area contributed by atoms with Gasteiger partial charge < -0.3 is 10.2 Å². The van der Waals surface area contributed by atoms with Crippen LogP contribution in [0.1, 0.15) is 47.7 Å². The zero-order valence-electron chi connectivity index (χ0n) is 17.2. The summed E-state index contributed by atoms with van der Waals surface area (Å²) in [4.78, 5) is 39.2. The fourth-order valence-electron chi connectivity index (χ4n) is 4.67. The monoisotopic (exact) mass is 438 g/mol. The molecule has 2 N–H and O–H groups in total. The summed E-state index contributed by atoms with van der Waals surface area (Å²) >= 11 is 0. The lowest BCUT2D eigenvalue weighted by molar-refractivity contribution is -0.186. The molecule has 168 valence electrons. The number of fused-ring (bicyclic) bond motifs is 1. The molecule has 1 aromatic rings. The summed E-state index contributed by atoms with van der Waals surface area (Å²) in [5, 5.41) is 5.36. The number of piperidine rings is 1. The minimum absolute atomic E-state index is 0.0176. The van der Waals surface area contributed by atoms with Crippen molar-refractivity contribution in [2.45, 2.75) is 63.6 Å². The number of carbonyl (C=O) groups is 3. The van der Waals surface area contributed by atoms with E-state index in [1.54, 1.807) is 25.1 Å². The normalized spacial score (nSPS) is 27.8. The van der Waals surface area contributed by atoms with Crippen molar-refractivity contribution < 1.29 is 27.6 Å². The van der Waals surface area contributed by atoms with Crippen molar-refractivity contribution in [2.24, 2.45) is 0 Å². The van der Waals surface area contributed by atoms with Crippen molar-refractivity contribution in [1.29, 1.82) is 0 Å². The van der Waals surface area contributed by atoms with Crippen molar-refractivity contribution in [3.63, 3.8) is 0 Å². The molecule has 0 radical (unpaired) electrons. The van der Waals surface area contributed by atoms with Crippen LogP contribution in [0.3, 0.4) is 0 Å². The molecule has 2 saturated heterocycles. The largest absolute Gasteiger partial charge is 0.404 e. The Bertz CT molecular complexity index is 904. The standard InChI is InChI=1S/C21H25F3N4O3/c1-12-8-17(21(22,23)24)27(7-6-25-12)10-13-2-3-15-14(9-13)11-28(20(15)31)16-4-5-18(29)26-19(16)30/h2-3,9,12,16-17,25H,4-8,10-11H2,1H3,(H,26,29,30). The molecule has 0 spiro atoms. The van der Waals surface area contributed by atoms with Crippen LogP contribution in [0.2, 0.25) is 0 Å². The van der Waals surface area contributed by atoms with Crippen molar-refractivity contribution >= 4 is 17.7 Å². The van der Waals surface area contributed by atoms with Gasteiger partial charge in [0.1, 0.15) is 12.1 Å². The highest BCUT2D eigenvalue weighted by molar-refractivity contribution is 6.05. The molecule has 2 fully saturated rings. The lowest BCUT2D eigenvalue weighted by Gasteiger charge is -2.31. The Morgan fingerprint density at radius 1 is 1.19 bits per heavy atom. The summed E-state index contributed by atoms with van der Waals surface area (Å²) in [6.45, 7) is 2.83. The van der Waals surface area contributed by atoms with Crippen LogP contribution >= 0.6 is 0 Å². The molecule has 0 saturated carbocycles. The van der Waals surface area contributed by atoms with Crippen LogP contribution in [0.15, 0.2) is 18.2 Å². The van der Waals surface area contributed by atoms with Gasteiger partial charge >= 0.3 is 6.18 Å². The number of nitrogens with one attached hydrogen (secondary N) is 2. The number of hydrogen-bond donors (Lipinski definition) is 2. The van der Waals surface area contributed by atoms with Crippen LogP contribution in [-0.2, 0) is 22.7 Å². The van der Waals surface area contributed by atoms with Crippen LogP contribution in [0.5, 0.6) is 0 Å². The molecular weight excluding hydrogens is 413 g/mol. The molecule has 3 atom stereocenters. The highest BCUT2D eigenvalue weighted by Crippen LogP contribution is 2.32. The number of hydrogen-bond acceptors (Lipinski definition) is 5.